The Morgan fingerprint density at radius 2 is 1.05 bits per heavy atom. The smallest absolute Gasteiger partial charge is 0.140 e. The van der Waals surface area contributed by atoms with Crippen molar-refractivity contribution in [3.05, 3.63) is 162 Å². The molecule has 1 spiro atoms. The van der Waals surface area contributed by atoms with Gasteiger partial charge in [-0.05, 0) is 46.8 Å². The lowest BCUT2D eigenvalue weighted by molar-refractivity contribution is 0.439. The van der Waals surface area contributed by atoms with E-state index in [9.17, 15) is 0 Å². The summed E-state index contributed by atoms with van der Waals surface area (Å²) in [6.45, 7) is 0. The summed E-state index contributed by atoms with van der Waals surface area (Å²) in [6.07, 6.45) is 0. The molecule has 174 valence electrons. The number of hydrogen-bond donors (Lipinski definition) is 0. The molecule has 0 saturated heterocycles. The molecule has 0 radical (unpaired) electrons. The number of rotatable bonds is 1. The largest absolute Gasteiger partial charge is 0.456 e. The van der Waals surface area contributed by atoms with Gasteiger partial charge in [0.25, 0.3) is 0 Å². The molecule has 0 unspecified atom stereocenters. The predicted molar refractivity (Wildman–Crippen MR) is 151 cm³/mol. The van der Waals surface area contributed by atoms with Crippen LogP contribution in [0.5, 0.6) is 11.5 Å². The zero-order valence-electron chi connectivity index (χ0n) is 20.1. The molecule has 8 rings (SSSR count). The van der Waals surface area contributed by atoms with Crippen molar-refractivity contribution in [1.82, 2.24) is 0 Å². The molecule has 6 aromatic rings. The lowest BCUT2D eigenvalue weighted by Gasteiger charge is -2.48. The zero-order valence-corrected chi connectivity index (χ0v) is 20.1. The summed E-state index contributed by atoms with van der Waals surface area (Å²) in [5.41, 5.74) is 7.85. The first-order valence-corrected chi connectivity index (χ1v) is 12.7. The number of hydrogen-bond acceptors (Lipinski definition) is 2. The molecular formula is C35H23NO. The van der Waals surface area contributed by atoms with Crippen molar-refractivity contribution < 1.29 is 4.74 Å². The van der Waals surface area contributed by atoms with Gasteiger partial charge in [0.1, 0.15) is 11.5 Å². The van der Waals surface area contributed by atoms with Crippen LogP contribution in [0.2, 0.25) is 0 Å². The highest BCUT2D eigenvalue weighted by molar-refractivity contribution is 5.96. The SMILES string of the molecule is c1ccc(N2c3ccccc3C3(c4ccccc4Oc4c3ccc3ccccc43)c3ccccc32)cc1. The van der Waals surface area contributed by atoms with Gasteiger partial charge in [0, 0.05) is 22.2 Å². The van der Waals surface area contributed by atoms with Crippen LogP contribution < -0.4 is 9.64 Å². The molecule has 0 atom stereocenters. The Morgan fingerprint density at radius 1 is 0.459 bits per heavy atom. The Morgan fingerprint density at radius 3 is 1.81 bits per heavy atom. The van der Waals surface area contributed by atoms with Gasteiger partial charge in [0.2, 0.25) is 0 Å². The third kappa shape index (κ3) is 2.65. The Hall–Kier alpha value is -4.82. The first-order chi connectivity index (χ1) is 18.4. The summed E-state index contributed by atoms with van der Waals surface area (Å²) in [5, 5.41) is 2.31. The van der Waals surface area contributed by atoms with E-state index in [0.717, 1.165) is 22.6 Å². The van der Waals surface area contributed by atoms with E-state index in [2.05, 4.69) is 144 Å². The molecule has 2 heterocycles. The molecular weight excluding hydrogens is 450 g/mol. The van der Waals surface area contributed by atoms with E-state index in [-0.39, 0.29) is 0 Å². The van der Waals surface area contributed by atoms with Crippen molar-refractivity contribution in [2.75, 3.05) is 4.90 Å². The molecule has 0 amide bonds. The molecule has 2 aliphatic heterocycles. The molecule has 0 saturated carbocycles. The van der Waals surface area contributed by atoms with Gasteiger partial charge in [-0.1, -0.05) is 109 Å². The van der Waals surface area contributed by atoms with Crippen molar-refractivity contribution in [2.24, 2.45) is 0 Å². The van der Waals surface area contributed by atoms with Gasteiger partial charge in [-0.3, -0.25) is 0 Å². The van der Waals surface area contributed by atoms with Gasteiger partial charge in [0.15, 0.2) is 0 Å². The van der Waals surface area contributed by atoms with E-state index >= 15 is 0 Å². The van der Waals surface area contributed by atoms with Gasteiger partial charge < -0.3 is 9.64 Å². The van der Waals surface area contributed by atoms with Crippen molar-refractivity contribution in [1.29, 1.82) is 0 Å². The van der Waals surface area contributed by atoms with Crippen molar-refractivity contribution in [3.63, 3.8) is 0 Å². The zero-order chi connectivity index (χ0) is 24.4. The quantitative estimate of drug-likeness (QED) is 0.236. The third-order valence-electron chi connectivity index (χ3n) is 7.90. The summed E-state index contributed by atoms with van der Waals surface area (Å²) >= 11 is 0. The number of nitrogens with zero attached hydrogens (tertiary/aromatic N) is 1. The monoisotopic (exact) mass is 473 g/mol. The average Bonchev–Trinajstić information content (AvgIpc) is 2.97. The Kier molecular flexibility index (Phi) is 4.18. The van der Waals surface area contributed by atoms with Crippen LogP contribution in [0.25, 0.3) is 10.8 Å². The van der Waals surface area contributed by atoms with Gasteiger partial charge in [-0.15, -0.1) is 0 Å². The van der Waals surface area contributed by atoms with E-state index < -0.39 is 5.41 Å². The minimum absolute atomic E-state index is 0.521. The first-order valence-electron chi connectivity index (χ1n) is 12.7. The maximum atomic E-state index is 6.75. The molecule has 0 N–H and O–H groups in total. The van der Waals surface area contributed by atoms with Crippen LogP contribution >= 0.6 is 0 Å². The second-order valence-corrected chi connectivity index (χ2v) is 9.72. The fraction of sp³-hybridized carbons (Fsp3) is 0.0286. The maximum absolute atomic E-state index is 6.75. The maximum Gasteiger partial charge on any atom is 0.140 e. The summed E-state index contributed by atoms with van der Waals surface area (Å²) in [5.74, 6) is 1.85. The van der Waals surface area contributed by atoms with Crippen molar-refractivity contribution in [3.8, 4) is 11.5 Å². The fourth-order valence-corrected chi connectivity index (χ4v) is 6.45. The second-order valence-electron chi connectivity index (χ2n) is 9.72. The molecule has 2 heteroatoms. The van der Waals surface area contributed by atoms with Crippen LogP contribution in [-0.4, -0.2) is 0 Å². The summed E-state index contributed by atoms with van der Waals surface area (Å²) < 4.78 is 6.75. The summed E-state index contributed by atoms with van der Waals surface area (Å²) in [6, 6.07) is 49.9. The van der Waals surface area contributed by atoms with Gasteiger partial charge >= 0.3 is 0 Å². The van der Waals surface area contributed by atoms with Crippen LogP contribution in [0.4, 0.5) is 17.1 Å². The number of anilines is 3. The summed E-state index contributed by atoms with van der Waals surface area (Å²) in [7, 11) is 0. The highest BCUT2D eigenvalue weighted by atomic mass is 16.5. The van der Waals surface area contributed by atoms with Crippen molar-refractivity contribution >= 4 is 27.8 Å². The van der Waals surface area contributed by atoms with Crippen LogP contribution in [0, 0.1) is 0 Å². The number of benzene rings is 6. The summed E-state index contributed by atoms with van der Waals surface area (Å²) in [4.78, 5) is 2.40. The normalized spacial score (nSPS) is 14.3. The van der Waals surface area contributed by atoms with E-state index in [1.54, 1.807) is 0 Å². The molecule has 0 bridgehead atoms. The van der Waals surface area contributed by atoms with Crippen molar-refractivity contribution in [2.45, 2.75) is 5.41 Å². The van der Waals surface area contributed by atoms with E-state index in [4.69, 9.17) is 4.74 Å². The van der Waals surface area contributed by atoms with Gasteiger partial charge in [-0.25, -0.2) is 0 Å². The fourth-order valence-electron chi connectivity index (χ4n) is 6.45. The molecule has 2 aliphatic rings. The molecule has 0 fully saturated rings. The van der Waals surface area contributed by atoms with Crippen LogP contribution in [0.15, 0.2) is 140 Å². The standard InChI is InChI=1S/C35H23NO/c1-2-13-25(14-3-1)36-31-19-9-6-16-27(31)35(28-17-7-10-20-32(28)36)29-18-8-11-21-33(29)37-34-26-15-5-4-12-24(26)22-23-30(34)35/h1-23H. The van der Waals surface area contributed by atoms with Crippen LogP contribution in [-0.2, 0) is 5.41 Å². The molecule has 6 aromatic carbocycles. The molecule has 37 heavy (non-hydrogen) atoms. The first kappa shape index (κ1) is 20.4. The number of fused-ring (bicyclic) bond motifs is 10. The molecule has 0 aliphatic carbocycles. The number of ether oxygens (including phenoxy) is 1. The van der Waals surface area contributed by atoms with Crippen LogP contribution in [0.3, 0.4) is 0 Å². The lowest BCUT2D eigenvalue weighted by Crippen LogP contribution is -2.39. The highest BCUT2D eigenvalue weighted by Gasteiger charge is 2.51. The van der Waals surface area contributed by atoms with Gasteiger partial charge in [0.05, 0.1) is 16.8 Å². The number of para-hydroxylation sites is 4. The molecule has 0 aromatic heterocycles. The average molecular weight is 474 g/mol. The lowest BCUT2D eigenvalue weighted by atomic mass is 9.61. The predicted octanol–water partition coefficient (Wildman–Crippen LogP) is 9.11. The van der Waals surface area contributed by atoms with Gasteiger partial charge in [-0.2, -0.15) is 0 Å². The van der Waals surface area contributed by atoms with E-state index in [1.807, 2.05) is 0 Å². The third-order valence-corrected chi connectivity index (χ3v) is 7.90. The van der Waals surface area contributed by atoms with E-state index in [0.29, 0.717) is 0 Å². The van der Waals surface area contributed by atoms with Crippen LogP contribution in [0.1, 0.15) is 22.3 Å². The minimum Gasteiger partial charge on any atom is -0.456 e. The topological polar surface area (TPSA) is 12.5 Å². The second kappa shape index (κ2) is 7.59. The molecule has 2 nitrogen and oxygen atoms in total. The highest BCUT2D eigenvalue weighted by Crippen LogP contribution is 2.63. The Balaban J connectivity index is 1.57. The Bertz CT molecular complexity index is 1770. The van der Waals surface area contributed by atoms with E-state index in [1.165, 1.54) is 39.0 Å². The Labute approximate surface area is 216 Å². The minimum atomic E-state index is -0.521.